The lowest BCUT2D eigenvalue weighted by Gasteiger charge is -2.16. The highest BCUT2D eigenvalue weighted by Crippen LogP contribution is 2.11. The Morgan fingerprint density at radius 2 is 1.87 bits per heavy atom. The van der Waals surface area contributed by atoms with Gasteiger partial charge in [-0.25, -0.2) is 0 Å². The third kappa shape index (κ3) is 8.32. The summed E-state index contributed by atoms with van der Waals surface area (Å²) in [6, 6.07) is 9.13. The van der Waals surface area contributed by atoms with Crippen LogP contribution < -0.4 is 5.32 Å². The van der Waals surface area contributed by atoms with Gasteiger partial charge in [-0.3, -0.25) is 13.8 Å². The first-order valence-corrected chi connectivity index (χ1v) is 8.95. The van der Waals surface area contributed by atoms with Gasteiger partial charge in [-0.05, 0) is 18.9 Å². The molecule has 0 aliphatic heterocycles. The van der Waals surface area contributed by atoms with Crippen LogP contribution in [0.15, 0.2) is 30.3 Å². The van der Waals surface area contributed by atoms with Gasteiger partial charge in [0, 0.05) is 0 Å². The van der Waals surface area contributed by atoms with Crippen LogP contribution in [0.2, 0.25) is 0 Å². The normalized spacial score (nSPS) is 12.4. The van der Waals surface area contributed by atoms with Crippen molar-refractivity contribution < 1.29 is 26.9 Å². The fourth-order valence-electron chi connectivity index (χ4n) is 1.85. The molecule has 0 saturated carbocycles. The van der Waals surface area contributed by atoms with Crippen LogP contribution in [-0.4, -0.2) is 46.3 Å². The van der Waals surface area contributed by atoms with Crippen molar-refractivity contribution >= 4 is 22.0 Å². The summed E-state index contributed by atoms with van der Waals surface area (Å²) >= 11 is 0. The van der Waals surface area contributed by atoms with Crippen molar-refractivity contribution in [1.29, 1.82) is 0 Å². The summed E-state index contributed by atoms with van der Waals surface area (Å²) in [7, 11) is -3.66. The molecule has 7 nitrogen and oxygen atoms in total. The summed E-state index contributed by atoms with van der Waals surface area (Å²) < 4.78 is 31.7. The molecule has 8 heteroatoms. The number of esters is 1. The third-order valence-electron chi connectivity index (χ3n) is 2.89. The van der Waals surface area contributed by atoms with Crippen molar-refractivity contribution in [3.8, 4) is 0 Å². The number of hydrogen-bond donors (Lipinski definition) is 1. The van der Waals surface area contributed by atoms with Crippen LogP contribution in [0.5, 0.6) is 0 Å². The smallest absolute Gasteiger partial charge is 0.325 e. The molecule has 0 aliphatic rings. The molecule has 23 heavy (non-hydrogen) atoms. The molecule has 1 N–H and O–H groups in total. The van der Waals surface area contributed by atoms with Crippen LogP contribution in [0.3, 0.4) is 0 Å². The Morgan fingerprint density at radius 1 is 1.22 bits per heavy atom. The second-order valence-electron chi connectivity index (χ2n) is 4.90. The molecule has 1 rings (SSSR count). The summed E-state index contributed by atoms with van der Waals surface area (Å²) in [5.41, 5.74) is 0.862. The number of benzene rings is 1. The van der Waals surface area contributed by atoms with Gasteiger partial charge in [-0.2, -0.15) is 8.42 Å². The minimum atomic E-state index is -3.66. The number of carbonyl (C=O) groups excluding carboxylic acids is 2. The average Bonchev–Trinajstić information content (AvgIpc) is 2.49. The molecule has 0 aromatic heterocycles. The predicted octanol–water partition coefficient (Wildman–Crippen LogP) is 0.501. The van der Waals surface area contributed by atoms with E-state index in [9.17, 15) is 18.0 Å². The van der Waals surface area contributed by atoms with Gasteiger partial charge in [0.15, 0.2) is 0 Å². The molecular weight excluding hydrogens is 322 g/mol. The SMILES string of the molecule is CCOC(=O)CNC(=O)[C@H](COS(C)(=O)=O)Cc1ccccc1. The maximum absolute atomic E-state index is 12.2. The summed E-state index contributed by atoms with van der Waals surface area (Å²) in [6.45, 7) is 1.33. The molecular formula is C15H21NO6S. The number of hydrogen-bond acceptors (Lipinski definition) is 6. The Hall–Kier alpha value is -1.93. The van der Waals surface area contributed by atoms with E-state index < -0.39 is 27.9 Å². The van der Waals surface area contributed by atoms with Crippen LogP contribution >= 0.6 is 0 Å². The Kier molecular flexibility index (Phi) is 7.70. The number of amides is 1. The van der Waals surface area contributed by atoms with Crippen LogP contribution in [0.25, 0.3) is 0 Å². The third-order valence-corrected chi connectivity index (χ3v) is 3.46. The molecule has 0 saturated heterocycles. The fourth-order valence-corrected chi connectivity index (χ4v) is 2.26. The molecule has 0 aliphatic carbocycles. The fraction of sp³-hybridized carbons (Fsp3) is 0.467. The van der Waals surface area contributed by atoms with Crippen molar-refractivity contribution in [2.45, 2.75) is 13.3 Å². The zero-order chi connectivity index (χ0) is 17.3. The summed E-state index contributed by atoms with van der Waals surface area (Å²) in [5.74, 6) is -1.75. The summed E-state index contributed by atoms with van der Waals surface area (Å²) in [4.78, 5) is 23.5. The Morgan fingerprint density at radius 3 is 2.43 bits per heavy atom. The number of carbonyl (C=O) groups is 2. The van der Waals surface area contributed by atoms with Crippen LogP contribution in [0.1, 0.15) is 12.5 Å². The van der Waals surface area contributed by atoms with Gasteiger partial charge in [0.05, 0.1) is 25.4 Å². The van der Waals surface area contributed by atoms with E-state index in [1.165, 1.54) is 0 Å². The minimum absolute atomic E-state index is 0.222. The van der Waals surface area contributed by atoms with Gasteiger partial charge in [0.1, 0.15) is 6.54 Å². The van der Waals surface area contributed by atoms with E-state index >= 15 is 0 Å². The zero-order valence-corrected chi connectivity index (χ0v) is 14.0. The van der Waals surface area contributed by atoms with Crippen molar-refractivity contribution in [2.24, 2.45) is 5.92 Å². The molecule has 0 heterocycles. The second kappa shape index (κ2) is 9.26. The van der Waals surface area contributed by atoms with E-state index in [-0.39, 0.29) is 19.8 Å². The average molecular weight is 343 g/mol. The predicted molar refractivity (Wildman–Crippen MR) is 84.1 cm³/mol. The molecule has 0 radical (unpaired) electrons. The highest BCUT2D eigenvalue weighted by atomic mass is 32.2. The van der Waals surface area contributed by atoms with E-state index in [0.29, 0.717) is 6.42 Å². The highest BCUT2D eigenvalue weighted by Gasteiger charge is 2.22. The largest absolute Gasteiger partial charge is 0.465 e. The van der Waals surface area contributed by atoms with Crippen molar-refractivity contribution in [2.75, 3.05) is 26.0 Å². The van der Waals surface area contributed by atoms with E-state index in [4.69, 9.17) is 8.92 Å². The maximum Gasteiger partial charge on any atom is 0.325 e. The lowest BCUT2D eigenvalue weighted by atomic mass is 9.99. The van der Waals surface area contributed by atoms with E-state index in [2.05, 4.69) is 5.32 Å². The van der Waals surface area contributed by atoms with Gasteiger partial charge in [0.25, 0.3) is 10.1 Å². The Balaban J connectivity index is 2.69. The van der Waals surface area contributed by atoms with Crippen LogP contribution in [0, 0.1) is 5.92 Å². The molecule has 1 atom stereocenters. The quantitative estimate of drug-likeness (QED) is 0.518. The first-order valence-electron chi connectivity index (χ1n) is 7.13. The molecule has 128 valence electrons. The van der Waals surface area contributed by atoms with E-state index in [1.807, 2.05) is 30.3 Å². The van der Waals surface area contributed by atoms with Gasteiger partial charge >= 0.3 is 5.97 Å². The number of ether oxygens (including phenoxy) is 1. The molecule has 1 aromatic rings. The lowest BCUT2D eigenvalue weighted by molar-refractivity contribution is -0.144. The maximum atomic E-state index is 12.2. The zero-order valence-electron chi connectivity index (χ0n) is 13.2. The second-order valence-corrected chi connectivity index (χ2v) is 6.54. The van der Waals surface area contributed by atoms with Crippen molar-refractivity contribution in [1.82, 2.24) is 5.32 Å². The molecule has 1 aromatic carbocycles. The standard InChI is InChI=1S/C15H21NO6S/c1-3-21-14(17)10-16-15(18)13(11-22-23(2,19)20)9-12-7-5-4-6-8-12/h4-8,13H,3,9-11H2,1-2H3,(H,16,18)/t13-/m0/s1. The van der Waals surface area contributed by atoms with Crippen LogP contribution in [0.4, 0.5) is 0 Å². The number of nitrogens with one attached hydrogen (secondary N) is 1. The van der Waals surface area contributed by atoms with Crippen molar-refractivity contribution in [3.05, 3.63) is 35.9 Å². The minimum Gasteiger partial charge on any atom is -0.465 e. The monoisotopic (exact) mass is 343 g/mol. The van der Waals surface area contributed by atoms with E-state index in [1.54, 1.807) is 6.92 Å². The first kappa shape index (κ1) is 19.1. The van der Waals surface area contributed by atoms with E-state index in [0.717, 1.165) is 11.8 Å². The lowest BCUT2D eigenvalue weighted by Crippen LogP contribution is -2.38. The van der Waals surface area contributed by atoms with Gasteiger partial charge in [0.2, 0.25) is 5.91 Å². The van der Waals surface area contributed by atoms with Gasteiger partial charge in [-0.1, -0.05) is 30.3 Å². The molecule has 0 unspecified atom stereocenters. The molecule has 0 bridgehead atoms. The Bertz CT molecular complexity index is 614. The van der Waals surface area contributed by atoms with Gasteiger partial charge in [-0.15, -0.1) is 0 Å². The molecule has 0 fully saturated rings. The summed E-state index contributed by atoms with van der Waals surface area (Å²) in [6.07, 6.45) is 1.22. The van der Waals surface area contributed by atoms with Crippen molar-refractivity contribution in [3.63, 3.8) is 0 Å². The molecule has 1 amide bonds. The topological polar surface area (TPSA) is 98.8 Å². The Labute approximate surface area is 136 Å². The number of rotatable bonds is 9. The molecule has 0 spiro atoms. The first-order chi connectivity index (χ1) is 10.8. The highest BCUT2D eigenvalue weighted by molar-refractivity contribution is 7.85. The van der Waals surface area contributed by atoms with Crippen LogP contribution in [-0.2, 0) is 35.0 Å². The summed E-state index contributed by atoms with van der Waals surface area (Å²) in [5, 5.41) is 2.44. The van der Waals surface area contributed by atoms with Gasteiger partial charge < -0.3 is 10.1 Å².